The minimum absolute atomic E-state index is 0. The zero-order valence-corrected chi connectivity index (χ0v) is 15.7. The lowest BCUT2D eigenvalue weighted by atomic mass is 10.2. The van der Waals surface area contributed by atoms with E-state index in [0.717, 1.165) is 38.0 Å². The number of likely N-dealkylation sites (N-methyl/N-ethyl adjacent to an activating group) is 1. The molecular formula is C19H45N3OS. The van der Waals surface area contributed by atoms with E-state index in [1.54, 1.807) is 0 Å². The Morgan fingerprint density at radius 2 is 1.62 bits per heavy atom. The van der Waals surface area contributed by atoms with Gasteiger partial charge in [0.15, 0.2) is 0 Å². The summed E-state index contributed by atoms with van der Waals surface area (Å²) in [5.41, 5.74) is 5.41. The number of likely N-dealkylation sites (tertiary alicyclic amines) is 2. The van der Waals surface area contributed by atoms with Gasteiger partial charge in [0.2, 0.25) is 0 Å². The van der Waals surface area contributed by atoms with Crippen LogP contribution in [0.15, 0.2) is 0 Å². The third kappa shape index (κ3) is 10.9. The van der Waals surface area contributed by atoms with E-state index in [4.69, 9.17) is 10.5 Å². The number of hydrogen-bond donors (Lipinski definition) is 1. The van der Waals surface area contributed by atoms with E-state index < -0.39 is 0 Å². The first-order valence-corrected chi connectivity index (χ1v) is 10.1. The van der Waals surface area contributed by atoms with Gasteiger partial charge in [-0.15, -0.1) is 0 Å². The molecule has 0 amide bonds. The van der Waals surface area contributed by atoms with Gasteiger partial charge in [-0.05, 0) is 59.3 Å². The van der Waals surface area contributed by atoms with Crippen LogP contribution < -0.4 is 5.73 Å². The van der Waals surface area contributed by atoms with Gasteiger partial charge >= 0.3 is 0 Å². The predicted octanol–water partition coefficient (Wildman–Crippen LogP) is 3.55. The molecule has 0 radical (unpaired) electrons. The summed E-state index contributed by atoms with van der Waals surface area (Å²) in [5.74, 6) is 2.39. The molecule has 2 atom stereocenters. The van der Waals surface area contributed by atoms with Crippen LogP contribution in [0.4, 0.5) is 0 Å². The van der Waals surface area contributed by atoms with Crippen LogP contribution in [0.25, 0.3) is 0 Å². The minimum atomic E-state index is 0. The molecule has 2 aliphatic rings. The van der Waals surface area contributed by atoms with Crippen molar-refractivity contribution >= 4 is 11.8 Å². The lowest BCUT2D eigenvalue weighted by Crippen LogP contribution is -2.29. The topological polar surface area (TPSA) is 41.7 Å². The van der Waals surface area contributed by atoms with E-state index in [1.807, 2.05) is 11.8 Å². The summed E-state index contributed by atoms with van der Waals surface area (Å²) in [6.07, 6.45) is 6.56. The molecule has 5 heteroatoms. The summed E-state index contributed by atoms with van der Waals surface area (Å²) in [5, 5.41) is 0. The Hall–Kier alpha value is 0.190. The normalized spacial score (nSPS) is 24.0. The molecule has 2 saturated heterocycles. The molecule has 24 heavy (non-hydrogen) atoms. The number of rotatable bonds is 8. The van der Waals surface area contributed by atoms with Crippen molar-refractivity contribution in [2.75, 3.05) is 58.4 Å². The van der Waals surface area contributed by atoms with E-state index in [9.17, 15) is 0 Å². The van der Waals surface area contributed by atoms with Crippen LogP contribution in [-0.2, 0) is 4.74 Å². The standard InChI is InChI=1S/C9H19NO.C8H18N2S.2CH4/c1-3-7-11-8-9-5-4-6-10(9)2;1-10-5-2-3-8(10)7-11-6-4-9;;/h9H,3-8H2,1-2H3;8H,2-7,9H2,1H3;2*1H4/t9-;8-;;/m11../s1. The molecule has 0 unspecified atom stereocenters. The zero-order valence-electron chi connectivity index (χ0n) is 14.9. The van der Waals surface area contributed by atoms with Gasteiger partial charge < -0.3 is 20.3 Å². The number of nitrogens with zero attached hydrogens (tertiary/aromatic N) is 2. The molecule has 2 heterocycles. The maximum absolute atomic E-state index is 5.50. The second kappa shape index (κ2) is 16.6. The fourth-order valence-electron chi connectivity index (χ4n) is 3.05. The van der Waals surface area contributed by atoms with Gasteiger partial charge in [0.05, 0.1) is 6.61 Å². The van der Waals surface area contributed by atoms with Gasteiger partial charge in [0.25, 0.3) is 0 Å². The van der Waals surface area contributed by atoms with Crippen molar-refractivity contribution in [1.29, 1.82) is 0 Å². The molecule has 0 aromatic heterocycles. The summed E-state index contributed by atoms with van der Waals surface area (Å²) < 4.78 is 5.50. The first-order valence-electron chi connectivity index (χ1n) is 8.95. The minimum Gasteiger partial charge on any atom is -0.380 e. The molecule has 148 valence electrons. The highest BCUT2D eigenvalue weighted by molar-refractivity contribution is 7.99. The molecule has 0 aromatic carbocycles. The van der Waals surface area contributed by atoms with Gasteiger partial charge in [-0.25, -0.2) is 0 Å². The summed E-state index contributed by atoms with van der Waals surface area (Å²) >= 11 is 1.99. The van der Waals surface area contributed by atoms with Crippen molar-refractivity contribution in [3.05, 3.63) is 0 Å². The summed E-state index contributed by atoms with van der Waals surface area (Å²) in [6.45, 7) is 7.36. The second-order valence-corrected chi connectivity index (χ2v) is 7.64. The van der Waals surface area contributed by atoms with Crippen LogP contribution in [-0.4, -0.2) is 80.3 Å². The van der Waals surface area contributed by atoms with Gasteiger partial charge in [0.1, 0.15) is 0 Å². The monoisotopic (exact) mass is 363 g/mol. The van der Waals surface area contributed by atoms with Gasteiger partial charge in [-0.2, -0.15) is 11.8 Å². The zero-order chi connectivity index (χ0) is 16.2. The van der Waals surface area contributed by atoms with Crippen LogP contribution >= 0.6 is 11.8 Å². The van der Waals surface area contributed by atoms with E-state index in [1.165, 1.54) is 44.5 Å². The van der Waals surface area contributed by atoms with Crippen molar-refractivity contribution in [3.63, 3.8) is 0 Å². The van der Waals surface area contributed by atoms with Gasteiger partial charge in [-0.3, -0.25) is 0 Å². The molecule has 2 N–H and O–H groups in total. The van der Waals surface area contributed by atoms with Crippen LogP contribution in [0, 0.1) is 0 Å². The Bertz CT molecular complexity index is 243. The van der Waals surface area contributed by atoms with Crippen molar-refractivity contribution in [2.24, 2.45) is 5.73 Å². The number of hydrogen-bond acceptors (Lipinski definition) is 5. The lowest BCUT2D eigenvalue weighted by molar-refractivity contribution is 0.0863. The van der Waals surface area contributed by atoms with Crippen LogP contribution in [0.1, 0.15) is 53.9 Å². The van der Waals surface area contributed by atoms with Crippen molar-refractivity contribution in [3.8, 4) is 0 Å². The molecule has 2 aliphatic heterocycles. The quantitative estimate of drug-likeness (QED) is 0.668. The van der Waals surface area contributed by atoms with Gasteiger partial charge in [0, 0.05) is 36.7 Å². The van der Waals surface area contributed by atoms with E-state index in [-0.39, 0.29) is 14.9 Å². The Morgan fingerprint density at radius 1 is 1.04 bits per heavy atom. The van der Waals surface area contributed by atoms with Gasteiger partial charge in [-0.1, -0.05) is 21.8 Å². The molecule has 0 spiro atoms. The molecule has 0 aliphatic carbocycles. The number of thioether (sulfide) groups is 1. The molecule has 0 bridgehead atoms. The summed E-state index contributed by atoms with van der Waals surface area (Å²) in [7, 11) is 4.41. The van der Waals surface area contributed by atoms with Crippen molar-refractivity contribution in [2.45, 2.75) is 66.0 Å². The Labute approximate surface area is 156 Å². The fourth-order valence-corrected chi connectivity index (χ4v) is 4.07. The average Bonchev–Trinajstić information content (AvgIpc) is 3.10. The van der Waals surface area contributed by atoms with Crippen LogP contribution in [0.2, 0.25) is 0 Å². The second-order valence-electron chi connectivity index (χ2n) is 6.49. The maximum atomic E-state index is 5.50. The van der Waals surface area contributed by atoms with Crippen LogP contribution in [0.3, 0.4) is 0 Å². The summed E-state index contributed by atoms with van der Waals surface area (Å²) in [6, 6.07) is 1.52. The highest BCUT2D eigenvalue weighted by Crippen LogP contribution is 2.18. The number of nitrogens with two attached hydrogens (primary N) is 1. The molecule has 0 aromatic rings. The summed E-state index contributed by atoms with van der Waals surface area (Å²) in [4.78, 5) is 4.86. The molecule has 2 fully saturated rings. The molecule has 4 nitrogen and oxygen atoms in total. The van der Waals surface area contributed by atoms with Crippen LogP contribution in [0.5, 0.6) is 0 Å². The Kier molecular flexibility index (Phi) is 18.3. The fraction of sp³-hybridized carbons (Fsp3) is 1.00. The smallest absolute Gasteiger partial charge is 0.0621 e. The Morgan fingerprint density at radius 3 is 2.08 bits per heavy atom. The van der Waals surface area contributed by atoms with Crippen molar-refractivity contribution in [1.82, 2.24) is 9.80 Å². The predicted molar refractivity (Wildman–Crippen MR) is 112 cm³/mol. The lowest BCUT2D eigenvalue weighted by Gasteiger charge is -2.18. The number of ether oxygens (including phenoxy) is 1. The molecule has 0 saturated carbocycles. The molecule has 2 rings (SSSR count). The first-order chi connectivity index (χ1) is 10.7. The maximum Gasteiger partial charge on any atom is 0.0621 e. The third-order valence-corrected chi connectivity index (χ3v) is 5.72. The third-order valence-electron chi connectivity index (χ3n) is 4.57. The highest BCUT2D eigenvalue weighted by atomic mass is 32.2. The molecular weight excluding hydrogens is 318 g/mol. The van der Waals surface area contributed by atoms with Crippen molar-refractivity contribution < 1.29 is 4.74 Å². The SMILES string of the molecule is C.C.CCCOC[C@H]1CCCN1C.CN1CCC[C@@H]1CSCCN. The van der Waals surface area contributed by atoms with E-state index in [0.29, 0.717) is 6.04 Å². The highest BCUT2D eigenvalue weighted by Gasteiger charge is 2.20. The largest absolute Gasteiger partial charge is 0.380 e. The van der Waals surface area contributed by atoms with E-state index >= 15 is 0 Å². The Balaban J connectivity index is 0. The van der Waals surface area contributed by atoms with E-state index in [2.05, 4.69) is 30.8 Å². The first kappa shape index (κ1) is 26.4. The average molecular weight is 364 g/mol.